The minimum absolute atomic E-state index is 0.274. The molecule has 1 aliphatic heterocycles. The van der Waals surface area contributed by atoms with Crippen LogP contribution in [0.2, 0.25) is 10.0 Å². The lowest BCUT2D eigenvalue weighted by molar-refractivity contribution is -0.0168. The van der Waals surface area contributed by atoms with Crippen molar-refractivity contribution in [1.29, 1.82) is 0 Å². The molecule has 0 aliphatic carbocycles. The minimum Gasteiger partial charge on any atom is -0.467 e. The molecule has 0 N–H and O–H groups in total. The lowest BCUT2D eigenvalue weighted by atomic mass is 10.1. The number of thioether (sulfide) groups is 1. The summed E-state index contributed by atoms with van der Waals surface area (Å²) >= 11 is 13.8. The van der Waals surface area contributed by atoms with Crippen molar-refractivity contribution in [2.75, 3.05) is 6.79 Å². The molecule has 3 aromatic rings. The van der Waals surface area contributed by atoms with Gasteiger partial charge in [-0.1, -0.05) is 23.2 Å². The molecule has 0 radical (unpaired) electrons. The predicted molar refractivity (Wildman–Crippen MR) is 104 cm³/mol. The van der Waals surface area contributed by atoms with E-state index in [-0.39, 0.29) is 6.79 Å². The SMILES string of the molecule is Clc1ccc(-c2cnc(CSCc3cc(Cl)cc4c3OCOC4)o2)cc1. The number of nitrogens with zero attached hydrogens (tertiary/aromatic N) is 1. The van der Waals surface area contributed by atoms with Crippen LogP contribution >= 0.6 is 35.0 Å². The van der Waals surface area contributed by atoms with Gasteiger partial charge in [0.2, 0.25) is 5.89 Å². The van der Waals surface area contributed by atoms with Gasteiger partial charge in [0.15, 0.2) is 12.6 Å². The molecule has 4 nitrogen and oxygen atoms in total. The Bertz CT molecular complexity index is 912. The van der Waals surface area contributed by atoms with E-state index in [1.54, 1.807) is 18.0 Å². The van der Waals surface area contributed by atoms with Gasteiger partial charge < -0.3 is 13.9 Å². The predicted octanol–water partition coefficient (Wildman–Crippen LogP) is 5.95. The number of hydrogen-bond donors (Lipinski definition) is 0. The van der Waals surface area contributed by atoms with E-state index < -0.39 is 0 Å². The number of oxazole rings is 1. The maximum absolute atomic E-state index is 6.20. The molecule has 0 amide bonds. The Hall–Kier alpha value is -1.66. The molecule has 0 saturated carbocycles. The number of hydrogen-bond acceptors (Lipinski definition) is 5. The fraction of sp³-hybridized carbons (Fsp3) is 0.211. The molecule has 7 heteroatoms. The van der Waals surface area contributed by atoms with Crippen LogP contribution in [-0.2, 0) is 22.8 Å². The Morgan fingerprint density at radius 3 is 2.73 bits per heavy atom. The van der Waals surface area contributed by atoms with Gasteiger partial charge in [0.25, 0.3) is 0 Å². The summed E-state index contributed by atoms with van der Waals surface area (Å²) in [6.07, 6.45) is 1.74. The highest BCUT2D eigenvalue weighted by Crippen LogP contribution is 2.34. The fourth-order valence-corrected chi connectivity index (χ4v) is 3.97. The third kappa shape index (κ3) is 4.01. The summed E-state index contributed by atoms with van der Waals surface area (Å²) in [5.74, 6) is 3.70. The minimum atomic E-state index is 0.274. The monoisotopic (exact) mass is 407 g/mol. The summed E-state index contributed by atoms with van der Waals surface area (Å²) < 4.78 is 16.8. The number of rotatable bonds is 5. The summed E-state index contributed by atoms with van der Waals surface area (Å²) in [4.78, 5) is 4.35. The van der Waals surface area contributed by atoms with E-state index in [4.69, 9.17) is 37.1 Å². The Labute approximate surface area is 165 Å². The van der Waals surface area contributed by atoms with Gasteiger partial charge in [-0.25, -0.2) is 4.98 Å². The first-order valence-corrected chi connectivity index (χ1v) is 9.90. The van der Waals surface area contributed by atoms with Gasteiger partial charge >= 0.3 is 0 Å². The van der Waals surface area contributed by atoms with Crippen molar-refractivity contribution in [3.8, 4) is 17.1 Å². The van der Waals surface area contributed by atoms with Crippen molar-refractivity contribution in [2.45, 2.75) is 18.1 Å². The van der Waals surface area contributed by atoms with E-state index in [2.05, 4.69) is 4.98 Å². The molecule has 1 aromatic heterocycles. The summed E-state index contributed by atoms with van der Waals surface area (Å²) in [5, 5.41) is 1.39. The smallest absolute Gasteiger partial charge is 0.204 e. The quantitative estimate of drug-likeness (QED) is 0.522. The number of benzene rings is 2. The Balaban J connectivity index is 1.41. The molecular formula is C19H15Cl2NO3S. The van der Waals surface area contributed by atoms with E-state index in [1.807, 2.05) is 36.4 Å². The van der Waals surface area contributed by atoms with Crippen molar-refractivity contribution in [2.24, 2.45) is 0 Å². The normalized spacial score (nSPS) is 13.3. The molecular weight excluding hydrogens is 393 g/mol. The third-order valence-electron chi connectivity index (χ3n) is 3.92. The average molecular weight is 408 g/mol. The van der Waals surface area contributed by atoms with Crippen LogP contribution in [0.1, 0.15) is 17.0 Å². The van der Waals surface area contributed by atoms with Crippen LogP contribution in [-0.4, -0.2) is 11.8 Å². The maximum atomic E-state index is 6.20. The van der Waals surface area contributed by atoms with Crippen LogP contribution < -0.4 is 4.74 Å². The Morgan fingerprint density at radius 2 is 1.88 bits per heavy atom. The van der Waals surface area contributed by atoms with Crippen LogP contribution in [0.15, 0.2) is 47.0 Å². The van der Waals surface area contributed by atoms with Crippen molar-refractivity contribution in [1.82, 2.24) is 4.98 Å². The fourth-order valence-electron chi connectivity index (χ4n) is 2.74. The van der Waals surface area contributed by atoms with Crippen LogP contribution in [0.25, 0.3) is 11.3 Å². The first kappa shape index (κ1) is 17.7. The molecule has 0 spiro atoms. The first-order chi connectivity index (χ1) is 12.7. The second-order valence-electron chi connectivity index (χ2n) is 5.78. The van der Waals surface area contributed by atoms with Gasteiger partial charge in [0, 0.05) is 32.5 Å². The maximum Gasteiger partial charge on any atom is 0.204 e. The molecule has 0 bridgehead atoms. The van der Waals surface area contributed by atoms with Gasteiger partial charge in [-0.3, -0.25) is 0 Å². The lowest BCUT2D eigenvalue weighted by Gasteiger charge is -2.20. The molecule has 0 fully saturated rings. The topological polar surface area (TPSA) is 44.5 Å². The van der Waals surface area contributed by atoms with E-state index >= 15 is 0 Å². The molecule has 1 aliphatic rings. The third-order valence-corrected chi connectivity index (χ3v) is 5.35. The highest BCUT2D eigenvalue weighted by molar-refractivity contribution is 7.97. The highest BCUT2D eigenvalue weighted by atomic mass is 35.5. The molecule has 2 heterocycles. The van der Waals surface area contributed by atoms with Crippen molar-refractivity contribution in [3.05, 3.63) is 69.7 Å². The van der Waals surface area contributed by atoms with Gasteiger partial charge in [-0.15, -0.1) is 11.8 Å². The van der Waals surface area contributed by atoms with E-state index in [0.717, 1.165) is 34.0 Å². The zero-order valence-corrected chi connectivity index (χ0v) is 16.0. The molecule has 26 heavy (non-hydrogen) atoms. The number of fused-ring (bicyclic) bond motifs is 1. The Morgan fingerprint density at radius 1 is 1.04 bits per heavy atom. The van der Waals surface area contributed by atoms with E-state index in [1.165, 1.54) is 0 Å². The van der Waals surface area contributed by atoms with Crippen LogP contribution in [0.4, 0.5) is 0 Å². The summed E-state index contributed by atoms with van der Waals surface area (Å²) in [5.41, 5.74) is 3.00. The van der Waals surface area contributed by atoms with Crippen LogP contribution in [0, 0.1) is 0 Å². The van der Waals surface area contributed by atoms with Crippen molar-refractivity contribution >= 4 is 35.0 Å². The van der Waals surface area contributed by atoms with Crippen LogP contribution in [0.3, 0.4) is 0 Å². The second kappa shape index (κ2) is 7.92. The summed E-state index contributed by atoms with van der Waals surface area (Å²) in [6.45, 7) is 0.800. The van der Waals surface area contributed by atoms with Crippen molar-refractivity contribution < 1.29 is 13.9 Å². The molecule has 4 rings (SSSR count). The Kier molecular flexibility index (Phi) is 5.41. The van der Waals surface area contributed by atoms with Gasteiger partial charge in [-0.2, -0.15) is 0 Å². The molecule has 134 valence electrons. The zero-order valence-electron chi connectivity index (χ0n) is 13.7. The molecule has 0 saturated heterocycles. The average Bonchev–Trinajstić information content (AvgIpc) is 3.11. The summed E-state index contributed by atoms with van der Waals surface area (Å²) in [6, 6.07) is 11.3. The molecule has 0 atom stereocenters. The largest absolute Gasteiger partial charge is 0.467 e. The van der Waals surface area contributed by atoms with Gasteiger partial charge in [0.1, 0.15) is 5.75 Å². The van der Waals surface area contributed by atoms with E-state index in [0.29, 0.717) is 28.3 Å². The van der Waals surface area contributed by atoms with Crippen LogP contribution in [0.5, 0.6) is 5.75 Å². The number of halogens is 2. The van der Waals surface area contributed by atoms with Gasteiger partial charge in [-0.05, 0) is 36.4 Å². The van der Waals surface area contributed by atoms with E-state index in [9.17, 15) is 0 Å². The molecule has 0 unspecified atom stereocenters. The lowest BCUT2D eigenvalue weighted by Crippen LogP contribution is -2.12. The second-order valence-corrected chi connectivity index (χ2v) is 7.64. The molecule has 2 aromatic carbocycles. The van der Waals surface area contributed by atoms with Gasteiger partial charge in [0.05, 0.1) is 18.6 Å². The van der Waals surface area contributed by atoms with Crippen molar-refractivity contribution in [3.63, 3.8) is 0 Å². The highest BCUT2D eigenvalue weighted by Gasteiger charge is 2.16. The first-order valence-electron chi connectivity index (χ1n) is 7.99. The summed E-state index contributed by atoms with van der Waals surface area (Å²) in [7, 11) is 0. The number of aromatic nitrogens is 1. The zero-order chi connectivity index (χ0) is 17.9. The number of ether oxygens (including phenoxy) is 2. The standard InChI is InChI=1S/C19H15Cl2NO3S/c20-15-3-1-12(2-4-15)17-7-22-18(25-17)10-26-9-14-6-16(21)5-13-8-23-11-24-19(13)14/h1-7H,8-11H2.